The van der Waals surface area contributed by atoms with Crippen LogP contribution in [0.4, 0.5) is 0 Å². The van der Waals surface area contributed by atoms with Crippen molar-refractivity contribution in [2.45, 2.75) is 51.0 Å². The van der Waals surface area contributed by atoms with Gasteiger partial charge in [-0.15, -0.1) is 0 Å². The van der Waals surface area contributed by atoms with Crippen LogP contribution in [0.5, 0.6) is 0 Å². The van der Waals surface area contributed by atoms with Crippen molar-refractivity contribution in [2.75, 3.05) is 14.1 Å². The van der Waals surface area contributed by atoms with Crippen LogP contribution in [0.3, 0.4) is 0 Å². The molecule has 0 aromatic rings. The molecule has 0 aromatic heterocycles. The fourth-order valence-electron chi connectivity index (χ4n) is 3.06. The van der Waals surface area contributed by atoms with Gasteiger partial charge in [-0.25, -0.2) is 0 Å². The summed E-state index contributed by atoms with van der Waals surface area (Å²) in [5.41, 5.74) is 4.27. The Kier molecular flexibility index (Phi) is 2.61. The van der Waals surface area contributed by atoms with E-state index in [4.69, 9.17) is 0 Å². The summed E-state index contributed by atoms with van der Waals surface area (Å²) >= 11 is 0. The van der Waals surface area contributed by atoms with E-state index in [2.05, 4.69) is 24.5 Å². The number of rotatable bonds is 2. The second-order valence-corrected chi connectivity index (χ2v) is 5.04. The second kappa shape index (κ2) is 3.58. The zero-order valence-electron chi connectivity index (χ0n) is 8.97. The van der Waals surface area contributed by atoms with Crippen LogP contribution in [0.1, 0.15) is 44.9 Å². The van der Waals surface area contributed by atoms with Crippen molar-refractivity contribution in [2.24, 2.45) is 5.41 Å². The van der Waals surface area contributed by atoms with Gasteiger partial charge in [-0.1, -0.05) is 19.3 Å². The van der Waals surface area contributed by atoms with Crippen LogP contribution in [0.15, 0.2) is 0 Å². The van der Waals surface area contributed by atoms with Gasteiger partial charge < -0.3 is 0 Å². The van der Waals surface area contributed by atoms with Crippen molar-refractivity contribution in [1.29, 1.82) is 0 Å². The summed E-state index contributed by atoms with van der Waals surface area (Å²) in [6, 6.07) is 0.780. The smallest absolute Gasteiger partial charge is 0.0271 e. The van der Waals surface area contributed by atoms with Gasteiger partial charge in [0.05, 0.1) is 0 Å². The molecule has 2 aliphatic carbocycles. The molecule has 1 N–H and O–H groups in total. The Labute approximate surface area is 81.7 Å². The highest BCUT2D eigenvalue weighted by atomic mass is 15.5. The lowest BCUT2D eigenvalue weighted by Crippen LogP contribution is -2.57. The zero-order valence-corrected chi connectivity index (χ0v) is 8.97. The van der Waals surface area contributed by atoms with Crippen LogP contribution in [-0.4, -0.2) is 25.1 Å². The van der Waals surface area contributed by atoms with Crippen molar-refractivity contribution < 1.29 is 0 Å². The number of hydrazine groups is 1. The van der Waals surface area contributed by atoms with Crippen molar-refractivity contribution in [3.63, 3.8) is 0 Å². The lowest BCUT2D eigenvalue weighted by molar-refractivity contribution is -0.0110. The van der Waals surface area contributed by atoms with E-state index in [1.54, 1.807) is 0 Å². The minimum Gasteiger partial charge on any atom is -0.252 e. The molecule has 2 fully saturated rings. The second-order valence-electron chi connectivity index (χ2n) is 5.04. The van der Waals surface area contributed by atoms with Crippen LogP contribution in [0, 0.1) is 5.41 Å². The van der Waals surface area contributed by atoms with Crippen molar-refractivity contribution >= 4 is 0 Å². The highest BCUT2D eigenvalue weighted by molar-refractivity contribution is 5.00. The van der Waals surface area contributed by atoms with Crippen molar-refractivity contribution in [3.05, 3.63) is 0 Å². The molecule has 2 heteroatoms. The predicted molar refractivity (Wildman–Crippen MR) is 55.4 cm³/mol. The average Bonchev–Trinajstić information content (AvgIpc) is 2.14. The van der Waals surface area contributed by atoms with Gasteiger partial charge in [0.25, 0.3) is 0 Å². The van der Waals surface area contributed by atoms with Crippen molar-refractivity contribution in [3.8, 4) is 0 Å². The van der Waals surface area contributed by atoms with Gasteiger partial charge in [0.2, 0.25) is 0 Å². The maximum absolute atomic E-state index is 3.57. The van der Waals surface area contributed by atoms with Gasteiger partial charge in [0.1, 0.15) is 0 Å². The summed E-state index contributed by atoms with van der Waals surface area (Å²) in [4.78, 5) is 0. The largest absolute Gasteiger partial charge is 0.252 e. The standard InChI is InChI=1S/C11H22N2/c1-13(2)12-10-6-9-11(10)7-4-3-5-8-11/h10,12H,3-9H2,1-2H3. The summed E-state index contributed by atoms with van der Waals surface area (Å²) in [6.45, 7) is 0. The third-order valence-corrected chi connectivity index (χ3v) is 3.93. The molecule has 1 spiro atoms. The van der Waals surface area contributed by atoms with E-state index < -0.39 is 0 Å². The van der Waals surface area contributed by atoms with Crippen molar-refractivity contribution in [1.82, 2.24) is 10.4 Å². The first-order chi connectivity index (χ1) is 6.23. The third kappa shape index (κ3) is 1.75. The molecule has 13 heavy (non-hydrogen) atoms. The molecule has 0 aromatic carbocycles. The number of hydrogen-bond donors (Lipinski definition) is 1. The SMILES string of the molecule is CN(C)NC1CCC12CCCCC2. The van der Waals surface area contributed by atoms with Crippen LogP contribution in [-0.2, 0) is 0 Å². The Morgan fingerprint density at radius 2 is 1.77 bits per heavy atom. The van der Waals surface area contributed by atoms with E-state index >= 15 is 0 Å². The van der Waals surface area contributed by atoms with Crippen LogP contribution < -0.4 is 5.43 Å². The van der Waals surface area contributed by atoms with Gasteiger partial charge in [-0.3, -0.25) is 10.4 Å². The highest BCUT2D eigenvalue weighted by Crippen LogP contribution is 2.51. The molecule has 1 atom stereocenters. The zero-order chi connectivity index (χ0) is 9.31. The molecule has 0 bridgehead atoms. The topological polar surface area (TPSA) is 15.3 Å². The molecule has 0 aliphatic heterocycles. The molecule has 2 saturated carbocycles. The molecular weight excluding hydrogens is 160 g/mol. The predicted octanol–water partition coefficient (Wildman–Crippen LogP) is 2.17. The van der Waals surface area contributed by atoms with Gasteiger partial charge in [0, 0.05) is 20.1 Å². The summed E-state index contributed by atoms with van der Waals surface area (Å²) in [6.07, 6.45) is 10.2. The van der Waals surface area contributed by atoms with E-state index in [9.17, 15) is 0 Å². The first kappa shape index (κ1) is 9.47. The maximum Gasteiger partial charge on any atom is 0.0271 e. The highest BCUT2D eigenvalue weighted by Gasteiger charge is 2.46. The first-order valence-corrected chi connectivity index (χ1v) is 5.66. The number of nitrogens with one attached hydrogen (secondary N) is 1. The lowest BCUT2D eigenvalue weighted by Gasteiger charge is -2.53. The molecule has 0 radical (unpaired) electrons. The Bertz CT molecular complexity index is 171. The Balaban J connectivity index is 1.90. The van der Waals surface area contributed by atoms with Crippen LogP contribution in [0.25, 0.3) is 0 Å². The first-order valence-electron chi connectivity index (χ1n) is 5.66. The molecule has 2 nitrogen and oxygen atoms in total. The molecule has 2 aliphatic rings. The minimum absolute atomic E-state index is 0.697. The third-order valence-electron chi connectivity index (χ3n) is 3.93. The van der Waals surface area contributed by atoms with E-state index in [0.29, 0.717) is 5.41 Å². The lowest BCUT2D eigenvalue weighted by atomic mass is 9.57. The maximum atomic E-state index is 3.57. The number of nitrogens with zero attached hydrogens (tertiary/aromatic N) is 1. The molecule has 0 heterocycles. The summed E-state index contributed by atoms with van der Waals surface area (Å²) in [5, 5.41) is 2.13. The number of hydrogen-bond acceptors (Lipinski definition) is 2. The monoisotopic (exact) mass is 182 g/mol. The fraction of sp³-hybridized carbons (Fsp3) is 1.00. The Hall–Kier alpha value is -0.0800. The Morgan fingerprint density at radius 3 is 2.23 bits per heavy atom. The van der Waals surface area contributed by atoms with Crippen LogP contribution in [0.2, 0.25) is 0 Å². The average molecular weight is 182 g/mol. The molecule has 76 valence electrons. The Morgan fingerprint density at radius 1 is 1.08 bits per heavy atom. The molecule has 0 amide bonds. The van der Waals surface area contributed by atoms with E-state index in [0.717, 1.165) is 6.04 Å². The summed E-state index contributed by atoms with van der Waals surface area (Å²) in [7, 11) is 4.21. The quantitative estimate of drug-likeness (QED) is 0.658. The summed E-state index contributed by atoms with van der Waals surface area (Å²) < 4.78 is 0. The van der Waals surface area contributed by atoms with Gasteiger partial charge in [-0.2, -0.15) is 0 Å². The van der Waals surface area contributed by atoms with E-state index in [-0.39, 0.29) is 0 Å². The van der Waals surface area contributed by atoms with Gasteiger partial charge >= 0.3 is 0 Å². The van der Waals surface area contributed by atoms with E-state index in [1.807, 2.05) is 0 Å². The van der Waals surface area contributed by atoms with Gasteiger partial charge in [-0.05, 0) is 31.1 Å². The minimum atomic E-state index is 0.697. The summed E-state index contributed by atoms with van der Waals surface area (Å²) in [5.74, 6) is 0. The normalized spacial score (nSPS) is 32.1. The van der Waals surface area contributed by atoms with Gasteiger partial charge in [0.15, 0.2) is 0 Å². The molecule has 0 saturated heterocycles. The fourth-order valence-corrected chi connectivity index (χ4v) is 3.06. The van der Waals surface area contributed by atoms with Crippen LogP contribution >= 0.6 is 0 Å². The molecule has 1 unspecified atom stereocenters. The molecule has 2 rings (SSSR count). The van der Waals surface area contributed by atoms with E-state index in [1.165, 1.54) is 44.9 Å². The molecular formula is C11H22N2.